The topological polar surface area (TPSA) is 66.4 Å². The van der Waals surface area contributed by atoms with Crippen molar-refractivity contribution in [2.24, 2.45) is 5.92 Å². The molecule has 0 fully saturated rings. The zero-order valence-corrected chi connectivity index (χ0v) is 12.8. The maximum absolute atomic E-state index is 11.9. The number of amides is 1. The summed E-state index contributed by atoms with van der Waals surface area (Å²) in [5.74, 6) is -1.51. The lowest BCUT2D eigenvalue weighted by molar-refractivity contribution is -0.143. The van der Waals surface area contributed by atoms with Crippen LogP contribution in [0.3, 0.4) is 0 Å². The Morgan fingerprint density at radius 2 is 1.95 bits per heavy atom. The summed E-state index contributed by atoms with van der Waals surface area (Å²) < 4.78 is 0. The second-order valence-electron chi connectivity index (χ2n) is 4.69. The smallest absolute Gasteiger partial charge is 0.326 e. The van der Waals surface area contributed by atoms with E-state index in [2.05, 4.69) is 5.32 Å². The number of benzene rings is 1. The fourth-order valence-corrected chi connectivity index (χ4v) is 2.06. The molecule has 1 aromatic carbocycles. The SMILES string of the molecule is CCC(C)[C@H](NC(=O)Cc1ccc(Cl)c(Cl)c1)C(=O)O. The first-order chi connectivity index (χ1) is 9.35. The van der Waals surface area contributed by atoms with Crippen molar-refractivity contribution in [3.05, 3.63) is 33.8 Å². The molecule has 1 rings (SSSR count). The number of nitrogens with one attached hydrogen (secondary N) is 1. The molecular formula is C14H17Cl2NO3. The number of rotatable bonds is 6. The monoisotopic (exact) mass is 317 g/mol. The van der Waals surface area contributed by atoms with Crippen molar-refractivity contribution in [1.29, 1.82) is 0 Å². The highest BCUT2D eigenvalue weighted by Crippen LogP contribution is 2.22. The number of carboxylic acid groups (broad SMARTS) is 1. The van der Waals surface area contributed by atoms with E-state index in [0.717, 1.165) is 0 Å². The molecule has 1 unspecified atom stereocenters. The Balaban J connectivity index is 2.70. The maximum Gasteiger partial charge on any atom is 0.326 e. The Labute approximate surface area is 128 Å². The van der Waals surface area contributed by atoms with Gasteiger partial charge >= 0.3 is 5.97 Å². The molecule has 0 saturated heterocycles. The van der Waals surface area contributed by atoms with Crippen LogP contribution in [-0.2, 0) is 16.0 Å². The summed E-state index contributed by atoms with van der Waals surface area (Å²) in [5, 5.41) is 12.4. The minimum Gasteiger partial charge on any atom is -0.480 e. The fraction of sp³-hybridized carbons (Fsp3) is 0.429. The molecule has 2 atom stereocenters. The van der Waals surface area contributed by atoms with E-state index < -0.39 is 12.0 Å². The Morgan fingerprint density at radius 3 is 2.45 bits per heavy atom. The van der Waals surface area contributed by atoms with E-state index in [1.54, 1.807) is 25.1 Å². The minimum absolute atomic E-state index is 0.0666. The summed E-state index contributed by atoms with van der Waals surface area (Å²) in [5.41, 5.74) is 0.685. The van der Waals surface area contributed by atoms with Gasteiger partial charge in [0.25, 0.3) is 0 Å². The van der Waals surface area contributed by atoms with Crippen molar-refractivity contribution in [1.82, 2.24) is 5.32 Å². The highest BCUT2D eigenvalue weighted by atomic mass is 35.5. The number of carboxylic acids is 1. The molecule has 1 amide bonds. The van der Waals surface area contributed by atoms with E-state index >= 15 is 0 Å². The van der Waals surface area contributed by atoms with Crippen LogP contribution in [0, 0.1) is 5.92 Å². The third-order valence-electron chi connectivity index (χ3n) is 3.14. The average Bonchev–Trinajstić information content (AvgIpc) is 2.39. The highest BCUT2D eigenvalue weighted by molar-refractivity contribution is 6.42. The van der Waals surface area contributed by atoms with Gasteiger partial charge in [-0.3, -0.25) is 4.79 Å². The minimum atomic E-state index is -1.03. The highest BCUT2D eigenvalue weighted by Gasteiger charge is 2.25. The van der Waals surface area contributed by atoms with E-state index in [1.807, 2.05) is 6.92 Å². The quantitative estimate of drug-likeness (QED) is 0.847. The summed E-state index contributed by atoms with van der Waals surface area (Å²) in [4.78, 5) is 23.0. The van der Waals surface area contributed by atoms with Crippen molar-refractivity contribution in [2.75, 3.05) is 0 Å². The Morgan fingerprint density at radius 1 is 1.30 bits per heavy atom. The summed E-state index contributed by atoms with van der Waals surface area (Å²) in [6, 6.07) is 4.01. The van der Waals surface area contributed by atoms with Crippen LogP contribution in [0.4, 0.5) is 0 Å². The molecular weight excluding hydrogens is 301 g/mol. The third-order valence-corrected chi connectivity index (χ3v) is 3.88. The first-order valence-corrected chi connectivity index (χ1v) is 7.06. The molecule has 0 aliphatic heterocycles. The molecule has 0 saturated carbocycles. The van der Waals surface area contributed by atoms with Crippen molar-refractivity contribution < 1.29 is 14.7 Å². The number of hydrogen-bond donors (Lipinski definition) is 2. The van der Waals surface area contributed by atoms with Crippen molar-refractivity contribution in [2.45, 2.75) is 32.7 Å². The van der Waals surface area contributed by atoms with Gasteiger partial charge < -0.3 is 10.4 Å². The molecule has 0 radical (unpaired) electrons. The van der Waals surface area contributed by atoms with Crippen molar-refractivity contribution in [3.63, 3.8) is 0 Å². The standard InChI is InChI=1S/C14H17Cl2NO3/c1-3-8(2)13(14(19)20)17-12(18)7-9-4-5-10(15)11(16)6-9/h4-6,8,13H,3,7H2,1-2H3,(H,17,18)(H,19,20)/t8?,13-/m0/s1. The van der Waals surface area contributed by atoms with Crippen molar-refractivity contribution >= 4 is 35.1 Å². The molecule has 110 valence electrons. The summed E-state index contributed by atoms with van der Waals surface area (Å²) in [6.45, 7) is 3.67. The zero-order valence-electron chi connectivity index (χ0n) is 11.3. The van der Waals surface area contributed by atoms with E-state index in [4.69, 9.17) is 28.3 Å². The van der Waals surface area contributed by atoms with Gasteiger partial charge in [0, 0.05) is 0 Å². The van der Waals surface area contributed by atoms with Gasteiger partial charge in [-0.25, -0.2) is 4.79 Å². The van der Waals surface area contributed by atoms with E-state index in [1.165, 1.54) is 0 Å². The van der Waals surface area contributed by atoms with Crippen LogP contribution in [0.25, 0.3) is 0 Å². The van der Waals surface area contributed by atoms with Gasteiger partial charge in [0.15, 0.2) is 0 Å². The van der Waals surface area contributed by atoms with E-state index in [0.29, 0.717) is 22.0 Å². The van der Waals surface area contributed by atoms with Gasteiger partial charge in [-0.1, -0.05) is 49.5 Å². The van der Waals surface area contributed by atoms with Crippen LogP contribution in [0.2, 0.25) is 10.0 Å². The molecule has 0 bridgehead atoms. The van der Waals surface area contributed by atoms with E-state index in [9.17, 15) is 9.59 Å². The average molecular weight is 318 g/mol. The molecule has 0 spiro atoms. The van der Waals surface area contributed by atoms with Crippen LogP contribution in [0.5, 0.6) is 0 Å². The van der Waals surface area contributed by atoms with Crippen LogP contribution >= 0.6 is 23.2 Å². The summed E-state index contributed by atoms with van der Waals surface area (Å²) in [7, 11) is 0. The Hall–Kier alpha value is -1.26. The molecule has 2 N–H and O–H groups in total. The first-order valence-electron chi connectivity index (χ1n) is 6.31. The molecule has 20 heavy (non-hydrogen) atoms. The Kier molecular flexibility index (Phi) is 6.30. The number of halogens is 2. The molecule has 0 heterocycles. The van der Waals surface area contributed by atoms with Gasteiger partial charge in [0.05, 0.1) is 16.5 Å². The van der Waals surface area contributed by atoms with Gasteiger partial charge in [0.1, 0.15) is 6.04 Å². The van der Waals surface area contributed by atoms with Gasteiger partial charge in [-0.2, -0.15) is 0 Å². The van der Waals surface area contributed by atoms with Crippen LogP contribution in [0.15, 0.2) is 18.2 Å². The van der Waals surface area contributed by atoms with Crippen LogP contribution in [-0.4, -0.2) is 23.0 Å². The molecule has 0 aliphatic carbocycles. The first kappa shape index (κ1) is 16.8. The lowest BCUT2D eigenvalue weighted by Gasteiger charge is -2.20. The third kappa shape index (κ3) is 4.69. The molecule has 1 aromatic rings. The zero-order chi connectivity index (χ0) is 15.3. The largest absolute Gasteiger partial charge is 0.480 e. The van der Waals surface area contributed by atoms with Gasteiger partial charge in [-0.15, -0.1) is 0 Å². The lowest BCUT2D eigenvalue weighted by atomic mass is 9.99. The van der Waals surface area contributed by atoms with Gasteiger partial charge in [-0.05, 0) is 23.6 Å². The molecule has 0 aliphatic rings. The predicted octanol–water partition coefficient (Wildman–Crippen LogP) is 3.15. The van der Waals surface area contributed by atoms with Crippen LogP contribution in [0.1, 0.15) is 25.8 Å². The number of aliphatic carboxylic acids is 1. The number of hydrogen-bond acceptors (Lipinski definition) is 2. The fourth-order valence-electron chi connectivity index (χ4n) is 1.74. The Bertz CT molecular complexity index is 505. The molecule has 6 heteroatoms. The summed E-state index contributed by atoms with van der Waals surface area (Å²) in [6.07, 6.45) is 0.737. The second-order valence-corrected chi connectivity index (χ2v) is 5.51. The number of carbonyl (C=O) groups excluding carboxylic acids is 1. The van der Waals surface area contributed by atoms with Crippen molar-refractivity contribution in [3.8, 4) is 0 Å². The molecule has 0 aromatic heterocycles. The second kappa shape index (κ2) is 7.50. The molecule has 4 nitrogen and oxygen atoms in total. The van der Waals surface area contributed by atoms with E-state index in [-0.39, 0.29) is 18.2 Å². The number of carbonyl (C=O) groups is 2. The van der Waals surface area contributed by atoms with Gasteiger partial charge in [0.2, 0.25) is 5.91 Å². The summed E-state index contributed by atoms with van der Waals surface area (Å²) >= 11 is 11.7. The predicted molar refractivity (Wildman–Crippen MR) is 79.2 cm³/mol. The normalized spacial score (nSPS) is 13.6. The van der Waals surface area contributed by atoms with Crippen LogP contribution < -0.4 is 5.32 Å². The maximum atomic E-state index is 11.9. The lowest BCUT2D eigenvalue weighted by Crippen LogP contribution is -2.45.